The molecule has 1 aliphatic rings. The zero-order valence-electron chi connectivity index (χ0n) is 18.4. The number of imide groups is 1. The molecule has 2 amide bonds. The van der Waals surface area contributed by atoms with Crippen molar-refractivity contribution in [2.75, 3.05) is 19.6 Å². The fraction of sp³-hybridized carbons (Fsp3) is 0.222. The molecule has 6 nitrogen and oxygen atoms in total. The fourth-order valence-electron chi connectivity index (χ4n) is 3.92. The molecule has 0 atom stereocenters. The smallest absolute Gasteiger partial charge is 0.320 e. The Morgan fingerprint density at radius 3 is 1.91 bits per heavy atom. The van der Waals surface area contributed by atoms with Gasteiger partial charge in [-0.25, -0.2) is 0 Å². The minimum absolute atomic E-state index is 0.129. The largest absolute Gasteiger partial charge is 0.460 e. The van der Waals surface area contributed by atoms with Gasteiger partial charge in [-0.2, -0.15) is 0 Å². The summed E-state index contributed by atoms with van der Waals surface area (Å²) in [6, 6.07) is 26.3. The highest BCUT2D eigenvalue weighted by Gasteiger charge is 2.34. The summed E-state index contributed by atoms with van der Waals surface area (Å²) in [5.41, 5.74) is 2.92. The molecule has 33 heavy (non-hydrogen) atoms. The highest BCUT2D eigenvalue weighted by molar-refractivity contribution is 6.21. The fourth-order valence-corrected chi connectivity index (χ4v) is 3.92. The SMILES string of the molecule is O=C(CN(CCCN1C(=O)c2ccccc2C1=O)Cc1ccccc1)OCc1ccccc1. The zero-order valence-corrected chi connectivity index (χ0v) is 18.4. The topological polar surface area (TPSA) is 66.9 Å². The summed E-state index contributed by atoms with van der Waals surface area (Å²) in [5, 5.41) is 0. The predicted octanol–water partition coefficient (Wildman–Crippen LogP) is 3.92. The molecule has 0 aliphatic carbocycles. The summed E-state index contributed by atoms with van der Waals surface area (Å²) in [6.45, 7) is 1.78. The van der Waals surface area contributed by atoms with E-state index in [0.717, 1.165) is 11.1 Å². The monoisotopic (exact) mass is 442 g/mol. The van der Waals surface area contributed by atoms with Gasteiger partial charge in [0.25, 0.3) is 11.8 Å². The minimum atomic E-state index is -0.310. The maximum atomic E-state index is 12.6. The molecule has 1 aliphatic heterocycles. The first-order chi connectivity index (χ1) is 16.1. The number of rotatable bonds is 10. The summed E-state index contributed by atoms with van der Waals surface area (Å²) in [4.78, 5) is 41.0. The number of fused-ring (bicyclic) bond motifs is 1. The van der Waals surface area contributed by atoms with Gasteiger partial charge >= 0.3 is 5.97 Å². The van der Waals surface area contributed by atoms with Gasteiger partial charge in [0.15, 0.2) is 0 Å². The summed E-state index contributed by atoms with van der Waals surface area (Å²) in [5.74, 6) is -0.824. The van der Waals surface area contributed by atoms with Crippen LogP contribution in [0, 0.1) is 0 Å². The molecule has 168 valence electrons. The van der Waals surface area contributed by atoms with E-state index in [9.17, 15) is 14.4 Å². The Labute approximate surface area is 193 Å². The van der Waals surface area contributed by atoms with E-state index in [1.165, 1.54) is 4.90 Å². The van der Waals surface area contributed by atoms with Gasteiger partial charge < -0.3 is 4.74 Å². The number of ether oxygens (including phenoxy) is 1. The predicted molar refractivity (Wildman–Crippen MR) is 124 cm³/mol. The van der Waals surface area contributed by atoms with Crippen LogP contribution in [0.15, 0.2) is 84.9 Å². The zero-order chi connectivity index (χ0) is 23.0. The van der Waals surface area contributed by atoms with Crippen LogP contribution in [0.3, 0.4) is 0 Å². The Bertz CT molecular complexity index is 1080. The third-order valence-electron chi connectivity index (χ3n) is 5.58. The number of hydrogen-bond donors (Lipinski definition) is 0. The van der Waals surface area contributed by atoms with E-state index < -0.39 is 0 Å². The molecule has 3 aromatic rings. The van der Waals surface area contributed by atoms with Crippen molar-refractivity contribution in [2.45, 2.75) is 19.6 Å². The van der Waals surface area contributed by atoms with Crippen molar-refractivity contribution in [3.63, 3.8) is 0 Å². The Kier molecular flexibility index (Phi) is 7.27. The van der Waals surface area contributed by atoms with Crippen molar-refractivity contribution >= 4 is 17.8 Å². The Hall–Kier alpha value is -3.77. The van der Waals surface area contributed by atoms with Crippen LogP contribution in [0.2, 0.25) is 0 Å². The second-order valence-corrected chi connectivity index (χ2v) is 8.00. The molecular formula is C27H26N2O4. The number of hydrogen-bond acceptors (Lipinski definition) is 5. The number of nitrogens with zero attached hydrogens (tertiary/aromatic N) is 2. The van der Waals surface area contributed by atoms with Gasteiger partial charge in [-0.3, -0.25) is 24.2 Å². The van der Waals surface area contributed by atoms with E-state index in [1.807, 2.05) is 65.6 Å². The van der Waals surface area contributed by atoms with E-state index >= 15 is 0 Å². The molecule has 6 heteroatoms. The summed E-state index contributed by atoms with van der Waals surface area (Å²) in [7, 11) is 0. The average Bonchev–Trinajstić information content (AvgIpc) is 3.09. The van der Waals surface area contributed by atoms with Crippen molar-refractivity contribution in [3.8, 4) is 0 Å². The standard InChI is InChI=1S/C27H26N2O4/c30-25(33-20-22-12-5-2-6-13-22)19-28(18-21-10-3-1-4-11-21)16-9-17-29-26(31)23-14-7-8-15-24(23)27(29)32/h1-8,10-15H,9,16-20H2. The van der Waals surface area contributed by atoms with Gasteiger partial charge in [0.05, 0.1) is 17.7 Å². The van der Waals surface area contributed by atoms with Crippen molar-refractivity contribution < 1.29 is 19.1 Å². The highest BCUT2D eigenvalue weighted by Crippen LogP contribution is 2.22. The van der Waals surface area contributed by atoms with Crippen LogP contribution < -0.4 is 0 Å². The summed E-state index contributed by atoms with van der Waals surface area (Å²) < 4.78 is 5.45. The number of amides is 2. The van der Waals surface area contributed by atoms with Gasteiger partial charge in [0, 0.05) is 19.6 Å². The highest BCUT2D eigenvalue weighted by atomic mass is 16.5. The van der Waals surface area contributed by atoms with E-state index in [4.69, 9.17) is 4.74 Å². The van der Waals surface area contributed by atoms with Crippen LogP contribution in [0.1, 0.15) is 38.3 Å². The lowest BCUT2D eigenvalue weighted by molar-refractivity contribution is -0.146. The lowest BCUT2D eigenvalue weighted by Gasteiger charge is -2.23. The second-order valence-electron chi connectivity index (χ2n) is 8.00. The van der Waals surface area contributed by atoms with E-state index in [2.05, 4.69) is 0 Å². The van der Waals surface area contributed by atoms with Crippen LogP contribution in [0.4, 0.5) is 0 Å². The lowest BCUT2D eigenvalue weighted by atomic mass is 10.1. The number of carbonyl (C=O) groups excluding carboxylic acids is 3. The quantitative estimate of drug-likeness (QED) is 0.352. The van der Waals surface area contributed by atoms with Crippen molar-refractivity contribution in [1.29, 1.82) is 0 Å². The van der Waals surface area contributed by atoms with Crippen LogP contribution in [-0.2, 0) is 22.7 Å². The third kappa shape index (κ3) is 5.73. The molecule has 1 heterocycles. The number of esters is 1. The number of benzene rings is 3. The van der Waals surface area contributed by atoms with E-state index in [0.29, 0.717) is 37.2 Å². The second kappa shape index (κ2) is 10.7. The molecule has 0 radical (unpaired) electrons. The molecule has 0 spiro atoms. The molecule has 0 unspecified atom stereocenters. The van der Waals surface area contributed by atoms with Gasteiger partial charge in [-0.15, -0.1) is 0 Å². The van der Waals surface area contributed by atoms with E-state index in [-0.39, 0.29) is 30.9 Å². The van der Waals surface area contributed by atoms with Gasteiger partial charge in [0.1, 0.15) is 6.61 Å². The first-order valence-electron chi connectivity index (χ1n) is 11.0. The van der Waals surface area contributed by atoms with Crippen LogP contribution in [-0.4, -0.2) is 47.2 Å². The maximum absolute atomic E-state index is 12.6. The van der Waals surface area contributed by atoms with Crippen molar-refractivity contribution in [1.82, 2.24) is 9.80 Å². The van der Waals surface area contributed by atoms with Crippen molar-refractivity contribution in [3.05, 3.63) is 107 Å². The molecule has 0 saturated carbocycles. The Balaban J connectivity index is 1.34. The van der Waals surface area contributed by atoms with Crippen LogP contribution in [0.5, 0.6) is 0 Å². The molecular weight excluding hydrogens is 416 g/mol. The van der Waals surface area contributed by atoms with Gasteiger partial charge in [0.2, 0.25) is 0 Å². The molecule has 0 fully saturated rings. The number of carbonyl (C=O) groups is 3. The summed E-state index contributed by atoms with van der Waals surface area (Å²) >= 11 is 0. The first-order valence-corrected chi connectivity index (χ1v) is 11.0. The molecule has 0 N–H and O–H groups in total. The molecule has 0 bridgehead atoms. The third-order valence-corrected chi connectivity index (χ3v) is 5.58. The molecule has 4 rings (SSSR count). The lowest BCUT2D eigenvalue weighted by Crippen LogP contribution is -2.35. The molecule has 0 saturated heterocycles. The van der Waals surface area contributed by atoms with Gasteiger partial charge in [-0.1, -0.05) is 72.8 Å². The normalized spacial score (nSPS) is 12.8. The first kappa shape index (κ1) is 22.4. The summed E-state index contributed by atoms with van der Waals surface area (Å²) in [6.07, 6.45) is 0.560. The molecule has 3 aromatic carbocycles. The maximum Gasteiger partial charge on any atom is 0.320 e. The van der Waals surface area contributed by atoms with Gasteiger partial charge in [-0.05, 0) is 29.7 Å². The van der Waals surface area contributed by atoms with Crippen LogP contribution >= 0.6 is 0 Å². The molecule has 0 aromatic heterocycles. The van der Waals surface area contributed by atoms with E-state index in [1.54, 1.807) is 24.3 Å². The minimum Gasteiger partial charge on any atom is -0.460 e. The van der Waals surface area contributed by atoms with Crippen molar-refractivity contribution in [2.24, 2.45) is 0 Å². The Morgan fingerprint density at radius 1 is 0.758 bits per heavy atom. The van der Waals surface area contributed by atoms with Crippen LogP contribution in [0.25, 0.3) is 0 Å². The Morgan fingerprint density at radius 2 is 1.30 bits per heavy atom. The average molecular weight is 443 g/mol.